The number of H-pyrrole nitrogens is 1. The van der Waals surface area contributed by atoms with Crippen molar-refractivity contribution >= 4 is 33.6 Å². The summed E-state index contributed by atoms with van der Waals surface area (Å²) >= 11 is 0. The Kier molecular flexibility index (Phi) is 6.09. The fourth-order valence-corrected chi connectivity index (χ4v) is 3.47. The third kappa shape index (κ3) is 4.55. The predicted molar refractivity (Wildman–Crippen MR) is 120 cm³/mol. The van der Waals surface area contributed by atoms with Crippen LogP contribution in [0.25, 0.3) is 21.8 Å². The van der Waals surface area contributed by atoms with Gasteiger partial charge in [-0.2, -0.15) is 0 Å². The highest BCUT2D eigenvalue weighted by atomic mass is 16.7. The van der Waals surface area contributed by atoms with Gasteiger partial charge in [0, 0.05) is 29.5 Å². The first-order valence-electron chi connectivity index (χ1n) is 10.1. The normalized spacial score (nSPS) is 11.2. The number of nitro groups is 1. The lowest BCUT2D eigenvalue weighted by molar-refractivity contribution is -0.385. The highest BCUT2D eigenvalue weighted by Crippen LogP contribution is 2.37. The monoisotopic (exact) mass is 451 g/mol. The van der Waals surface area contributed by atoms with E-state index in [9.17, 15) is 14.9 Å². The van der Waals surface area contributed by atoms with Gasteiger partial charge in [-0.3, -0.25) is 10.1 Å². The van der Waals surface area contributed by atoms with E-state index in [-0.39, 0.29) is 30.0 Å². The minimum Gasteiger partial charge on any atom is -0.450 e. The van der Waals surface area contributed by atoms with Crippen LogP contribution in [0.4, 0.5) is 10.5 Å². The number of ether oxygens (including phenoxy) is 4. The Balaban J connectivity index is 1.80. The molecule has 0 unspecified atom stereocenters. The number of benzene rings is 2. The first-order valence-corrected chi connectivity index (χ1v) is 10.1. The summed E-state index contributed by atoms with van der Waals surface area (Å²) in [6.07, 6.45) is 0.339. The van der Waals surface area contributed by atoms with Gasteiger partial charge in [0.05, 0.1) is 34.9 Å². The molecule has 0 radical (unpaired) electrons. The van der Waals surface area contributed by atoms with Crippen LogP contribution in [0, 0.1) is 10.1 Å². The largest absolute Gasteiger partial charge is 0.515 e. The molecule has 0 saturated heterocycles. The number of carbonyl (C=O) groups is 1. The second kappa shape index (κ2) is 9.13. The van der Waals surface area contributed by atoms with Crippen LogP contribution in [-0.2, 0) is 16.1 Å². The summed E-state index contributed by atoms with van der Waals surface area (Å²) in [5.41, 5.74) is 1.88. The average molecular weight is 451 g/mol. The summed E-state index contributed by atoms with van der Waals surface area (Å²) in [5, 5.41) is 12.8. The Morgan fingerprint density at radius 1 is 1.18 bits per heavy atom. The number of aromatic nitrogens is 2. The molecule has 10 heteroatoms. The molecule has 4 aromatic rings. The summed E-state index contributed by atoms with van der Waals surface area (Å²) < 4.78 is 21.6. The molecule has 10 nitrogen and oxygen atoms in total. The van der Waals surface area contributed by atoms with Crippen LogP contribution in [0.1, 0.15) is 19.4 Å². The van der Waals surface area contributed by atoms with Gasteiger partial charge in [-0.05, 0) is 38.1 Å². The first kappa shape index (κ1) is 22.0. The molecule has 0 saturated carbocycles. The lowest BCUT2D eigenvalue weighted by Gasteiger charge is -2.12. The number of hydrogen-bond donors (Lipinski definition) is 1. The SMILES string of the molecule is COCc1c(OC(=O)OC(C)C)ncc2[nH]c3ccc(Oc4ccccc4[N+](=O)[O-])cc3c12. The standard InChI is InChI=1S/C23H21N3O7/c1-13(2)31-23(27)33-22-16(12-30-3)21-15-10-14(8-9-17(15)25-18(21)11-24-22)32-20-7-5-4-6-19(20)26(28)29/h4-11,13,25H,12H2,1-3H3. The molecule has 0 aliphatic rings. The fraction of sp³-hybridized carbons (Fsp3) is 0.217. The van der Waals surface area contributed by atoms with Crippen LogP contribution in [0.15, 0.2) is 48.7 Å². The van der Waals surface area contributed by atoms with Crippen LogP contribution in [0.5, 0.6) is 17.4 Å². The highest BCUT2D eigenvalue weighted by molar-refractivity contribution is 6.09. The van der Waals surface area contributed by atoms with Crippen LogP contribution in [0.3, 0.4) is 0 Å². The maximum absolute atomic E-state index is 12.1. The number of carbonyl (C=O) groups excluding carboxylic acids is 1. The molecule has 0 amide bonds. The number of fused-ring (bicyclic) bond motifs is 3. The van der Waals surface area contributed by atoms with Crippen molar-refractivity contribution < 1.29 is 28.7 Å². The third-order valence-electron chi connectivity index (χ3n) is 4.76. The molecule has 2 heterocycles. The van der Waals surface area contributed by atoms with Crippen molar-refractivity contribution in [2.75, 3.05) is 7.11 Å². The molecule has 170 valence electrons. The van der Waals surface area contributed by atoms with Gasteiger partial charge in [0.25, 0.3) is 0 Å². The molecular weight excluding hydrogens is 430 g/mol. The zero-order chi connectivity index (χ0) is 23.5. The predicted octanol–water partition coefficient (Wildman–Crippen LogP) is 5.49. The number of aromatic amines is 1. The molecule has 0 aliphatic heterocycles. The number of hydrogen-bond acceptors (Lipinski definition) is 8. The second-order valence-electron chi connectivity index (χ2n) is 7.44. The van der Waals surface area contributed by atoms with E-state index in [0.29, 0.717) is 16.8 Å². The molecule has 0 bridgehead atoms. The molecule has 0 atom stereocenters. The molecule has 33 heavy (non-hydrogen) atoms. The van der Waals surface area contributed by atoms with Crippen molar-refractivity contribution in [3.63, 3.8) is 0 Å². The number of pyridine rings is 1. The summed E-state index contributed by atoms with van der Waals surface area (Å²) in [4.78, 5) is 30.4. The summed E-state index contributed by atoms with van der Waals surface area (Å²) in [7, 11) is 1.52. The number of para-hydroxylation sites is 2. The van der Waals surface area contributed by atoms with Crippen LogP contribution in [-0.4, -0.2) is 34.3 Å². The van der Waals surface area contributed by atoms with E-state index < -0.39 is 11.1 Å². The van der Waals surface area contributed by atoms with E-state index in [1.54, 1.807) is 50.4 Å². The van der Waals surface area contributed by atoms with Gasteiger partial charge < -0.3 is 23.9 Å². The van der Waals surface area contributed by atoms with Crippen LogP contribution < -0.4 is 9.47 Å². The maximum atomic E-state index is 12.1. The van der Waals surface area contributed by atoms with E-state index in [4.69, 9.17) is 18.9 Å². The van der Waals surface area contributed by atoms with Crippen LogP contribution in [0.2, 0.25) is 0 Å². The lowest BCUT2D eigenvalue weighted by atomic mass is 10.1. The Bertz CT molecular complexity index is 1350. The van der Waals surface area contributed by atoms with E-state index in [1.165, 1.54) is 19.2 Å². The molecular formula is C23H21N3O7. The Labute approximate surface area is 188 Å². The molecule has 0 aliphatic carbocycles. The zero-order valence-corrected chi connectivity index (χ0v) is 18.2. The van der Waals surface area contributed by atoms with Gasteiger partial charge in [0.15, 0.2) is 0 Å². The summed E-state index contributed by atoms with van der Waals surface area (Å²) in [6.45, 7) is 3.55. The van der Waals surface area contributed by atoms with Gasteiger partial charge in [0.1, 0.15) is 5.75 Å². The van der Waals surface area contributed by atoms with Crippen molar-refractivity contribution in [2.45, 2.75) is 26.6 Å². The van der Waals surface area contributed by atoms with Gasteiger partial charge in [-0.15, -0.1) is 0 Å². The minimum atomic E-state index is -0.866. The van der Waals surface area contributed by atoms with Gasteiger partial charge in [-0.25, -0.2) is 9.78 Å². The first-order chi connectivity index (χ1) is 15.9. The van der Waals surface area contributed by atoms with Crippen molar-refractivity contribution in [1.29, 1.82) is 0 Å². The Morgan fingerprint density at radius 2 is 1.97 bits per heavy atom. The van der Waals surface area contributed by atoms with E-state index in [0.717, 1.165) is 16.3 Å². The molecule has 4 rings (SSSR count). The van der Waals surface area contributed by atoms with E-state index in [2.05, 4.69) is 9.97 Å². The highest BCUT2D eigenvalue weighted by Gasteiger charge is 2.20. The van der Waals surface area contributed by atoms with E-state index >= 15 is 0 Å². The van der Waals surface area contributed by atoms with Gasteiger partial charge in [0.2, 0.25) is 11.6 Å². The van der Waals surface area contributed by atoms with Crippen molar-refractivity contribution in [2.24, 2.45) is 0 Å². The number of nitrogens with zero attached hydrogens (tertiary/aromatic N) is 2. The third-order valence-corrected chi connectivity index (χ3v) is 4.76. The minimum absolute atomic E-state index is 0.0703. The van der Waals surface area contributed by atoms with Gasteiger partial charge >= 0.3 is 11.8 Å². The zero-order valence-electron chi connectivity index (χ0n) is 18.2. The smallest absolute Gasteiger partial charge is 0.450 e. The molecule has 0 fully saturated rings. The molecule has 2 aromatic heterocycles. The maximum Gasteiger partial charge on any atom is 0.515 e. The van der Waals surface area contributed by atoms with Crippen LogP contribution >= 0.6 is 0 Å². The summed E-state index contributed by atoms with van der Waals surface area (Å²) in [5.74, 6) is 0.599. The van der Waals surface area contributed by atoms with Gasteiger partial charge in [-0.1, -0.05) is 12.1 Å². The van der Waals surface area contributed by atoms with E-state index in [1.807, 2.05) is 0 Å². The topological polar surface area (TPSA) is 126 Å². The molecule has 0 spiro atoms. The number of methoxy groups -OCH3 is 1. The molecule has 2 aromatic carbocycles. The molecule has 1 N–H and O–H groups in total. The second-order valence-corrected chi connectivity index (χ2v) is 7.44. The number of nitrogens with one attached hydrogen (secondary N) is 1. The lowest BCUT2D eigenvalue weighted by Crippen LogP contribution is -2.17. The number of rotatable bonds is 7. The van der Waals surface area contributed by atoms with Crippen molar-refractivity contribution in [1.82, 2.24) is 9.97 Å². The van der Waals surface area contributed by atoms with Crippen molar-refractivity contribution in [3.05, 3.63) is 64.3 Å². The van der Waals surface area contributed by atoms with Crippen molar-refractivity contribution in [3.8, 4) is 17.4 Å². The Hall–Kier alpha value is -4.18. The summed E-state index contributed by atoms with van der Waals surface area (Å²) in [6, 6.07) is 11.4. The number of nitro benzene ring substituents is 1. The Morgan fingerprint density at radius 3 is 2.70 bits per heavy atom. The fourth-order valence-electron chi connectivity index (χ4n) is 3.47. The average Bonchev–Trinajstić information content (AvgIpc) is 3.13. The quantitative estimate of drug-likeness (QED) is 0.222.